The molecule has 2 aromatic carbocycles. The largest absolute Gasteiger partial charge is 0.493 e. The molecule has 0 saturated heterocycles. The van der Waals surface area contributed by atoms with E-state index >= 15 is 0 Å². The number of carbonyl (C=O) groups is 2. The number of methoxy groups -OCH3 is 4. The second-order valence-corrected chi connectivity index (χ2v) is 8.52. The minimum atomic E-state index is -1.06. The lowest BCUT2D eigenvalue weighted by Crippen LogP contribution is -2.53. The highest BCUT2D eigenvalue weighted by atomic mass is 16.5. The number of rotatable bonds is 9. The fourth-order valence-corrected chi connectivity index (χ4v) is 4.45. The van der Waals surface area contributed by atoms with Gasteiger partial charge in [-0.2, -0.15) is 0 Å². The molecule has 1 aliphatic rings. The molecule has 2 amide bonds. The molecule has 0 radical (unpaired) electrons. The van der Waals surface area contributed by atoms with Gasteiger partial charge in [-0.1, -0.05) is 26.3 Å². The van der Waals surface area contributed by atoms with Crippen molar-refractivity contribution in [1.29, 1.82) is 0 Å². The lowest BCUT2D eigenvalue weighted by atomic mass is 9.87. The first-order valence-electron chi connectivity index (χ1n) is 11.6. The van der Waals surface area contributed by atoms with Gasteiger partial charge in [0.1, 0.15) is 6.04 Å². The maximum Gasteiger partial charge on any atom is 0.326 e. The van der Waals surface area contributed by atoms with E-state index in [1.165, 1.54) is 0 Å². The first-order chi connectivity index (χ1) is 16.8. The Hall–Kier alpha value is -3.62. The van der Waals surface area contributed by atoms with Crippen LogP contribution >= 0.6 is 0 Å². The van der Waals surface area contributed by atoms with E-state index in [0.717, 1.165) is 16.7 Å². The Balaban J connectivity index is 2.12. The van der Waals surface area contributed by atoms with Crippen LogP contribution in [0.5, 0.6) is 23.0 Å². The van der Waals surface area contributed by atoms with E-state index in [9.17, 15) is 14.7 Å². The zero-order valence-corrected chi connectivity index (χ0v) is 21.1. The molecule has 2 N–H and O–H groups in total. The van der Waals surface area contributed by atoms with Gasteiger partial charge in [0.05, 0.1) is 34.5 Å². The van der Waals surface area contributed by atoms with Crippen molar-refractivity contribution in [2.24, 2.45) is 5.92 Å². The number of urea groups is 1. The predicted octanol–water partition coefficient (Wildman–Crippen LogP) is 3.88. The lowest BCUT2D eigenvalue weighted by molar-refractivity contribution is -0.140. The molecule has 0 fully saturated rings. The van der Waals surface area contributed by atoms with E-state index in [4.69, 9.17) is 18.9 Å². The van der Waals surface area contributed by atoms with Gasteiger partial charge in [0.2, 0.25) is 0 Å². The van der Waals surface area contributed by atoms with Crippen LogP contribution in [-0.2, 0) is 11.2 Å². The number of carboxylic acids is 1. The third-order valence-electron chi connectivity index (χ3n) is 6.62. The van der Waals surface area contributed by atoms with Crippen LogP contribution in [-0.4, -0.2) is 63.0 Å². The SMILES string of the molecule is CC[C@@H](C)[C@H](NC(=O)N1CCc2cc(OC)c(OC)cc2[C@@H]1c1ccc(OC)c(OC)c1)C(=O)O. The number of ether oxygens (including phenoxy) is 4. The highest BCUT2D eigenvalue weighted by Crippen LogP contribution is 2.42. The average Bonchev–Trinajstić information content (AvgIpc) is 2.88. The molecule has 1 heterocycles. The summed E-state index contributed by atoms with van der Waals surface area (Å²) in [5.74, 6) is 0.968. The van der Waals surface area contributed by atoms with Crippen LogP contribution in [0.4, 0.5) is 4.79 Å². The van der Waals surface area contributed by atoms with Gasteiger partial charge in [0, 0.05) is 6.54 Å². The summed E-state index contributed by atoms with van der Waals surface area (Å²) in [7, 11) is 6.26. The first kappa shape index (κ1) is 26.0. The topological polar surface area (TPSA) is 107 Å². The van der Waals surface area contributed by atoms with Gasteiger partial charge in [0.15, 0.2) is 23.0 Å². The Morgan fingerprint density at radius 3 is 2.17 bits per heavy atom. The minimum Gasteiger partial charge on any atom is -0.493 e. The second kappa shape index (κ2) is 11.2. The second-order valence-electron chi connectivity index (χ2n) is 8.52. The number of carboxylic acid groups (broad SMARTS) is 1. The van der Waals surface area contributed by atoms with Crippen molar-refractivity contribution in [2.45, 2.75) is 38.8 Å². The molecule has 9 heteroatoms. The van der Waals surface area contributed by atoms with Gasteiger partial charge in [-0.15, -0.1) is 0 Å². The molecule has 0 bridgehead atoms. The van der Waals surface area contributed by atoms with E-state index in [-0.39, 0.29) is 5.92 Å². The van der Waals surface area contributed by atoms with Gasteiger partial charge in [-0.25, -0.2) is 9.59 Å². The number of amides is 2. The lowest BCUT2D eigenvalue weighted by Gasteiger charge is -2.39. The summed E-state index contributed by atoms with van der Waals surface area (Å²) in [6.45, 7) is 4.10. The van der Waals surface area contributed by atoms with Crippen molar-refractivity contribution in [3.05, 3.63) is 47.0 Å². The molecule has 3 rings (SSSR count). The zero-order chi connectivity index (χ0) is 25.7. The van der Waals surface area contributed by atoms with E-state index in [1.807, 2.05) is 38.1 Å². The number of carbonyl (C=O) groups excluding carboxylic acids is 1. The summed E-state index contributed by atoms with van der Waals surface area (Å²) < 4.78 is 21.9. The van der Waals surface area contributed by atoms with Crippen LogP contribution < -0.4 is 24.3 Å². The normalized spacial score (nSPS) is 16.5. The van der Waals surface area contributed by atoms with E-state index in [2.05, 4.69) is 5.32 Å². The van der Waals surface area contributed by atoms with Crippen molar-refractivity contribution in [2.75, 3.05) is 35.0 Å². The van der Waals surface area contributed by atoms with Crippen LogP contribution in [0.1, 0.15) is 43.0 Å². The molecular formula is C26H34N2O7. The molecule has 0 spiro atoms. The number of benzene rings is 2. The molecule has 35 heavy (non-hydrogen) atoms. The third-order valence-corrected chi connectivity index (χ3v) is 6.62. The van der Waals surface area contributed by atoms with E-state index in [1.54, 1.807) is 39.4 Å². The Bertz CT molecular complexity index is 1070. The minimum absolute atomic E-state index is 0.225. The number of hydrogen-bond acceptors (Lipinski definition) is 6. The zero-order valence-electron chi connectivity index (χ0n) is 21.1. The molecule has 1 aliphatic heterocycles. The molecule has 0 unspecified atom stereocenters. The summed E-state index contributed by atoms with van der Waals surface area (Å²) in [5, 5.41) is 12.5. The molecular weight excluding hydrogens is 452 g/mol. The number of aliphatic carboxylic acids is 1. The first-order valence-corrected chi connectivity index (χ1v) is 11.6. The van der Waals surface area contributed by atoms with Crippen molar-refractivity contribution in [1.82, 2.24) is 10.2 Å². The quantitative estimate of drug-likeness (QED) is 0.554. The van der Waals surface area contributed by atoms with Crippen LogP contribution in [0.15, 0.2) is 30.3 Å². The maximum atomic E-state index is 13.5. The van der Waals surface area contributed by atoms with Gasteiger partial charge >= 0.3 is 12.0 Å². The highest BCUT2D eigenvalue weighted by Gasteiger charge is 2.36. The fourth-order valence-electron chi connectivity index (χ4n) is 4.45. The highest BCUT2D eigenvalue weighted by molar-refractivity contribution is 5.83. The van der Waals surface area contributed by atoms with E-state index in [0.29, 0.717) is 42.4 Å². The Kier molecular flexibility index (Phi) is 8.32. The van der Waals surface area contributed by atoms with Crippen LogP contribution in [0.2, 0.25) is 0 Å². The molecule has 9 nitrogen and oxygen atoms in total. The summed E-state index contributed by atoms with van der Waals surface area (Å²) in [6, 6.07) is 7.35. The van der Waals surface area contributed by atoms with Gasteiger partial charge < -0.3 is 34.3 Å². The maximum absolute atomic E-state index is 13.5. The van der Waals surface area contributed by atoms with Gasteiger partial charge in [-0.05, 0) is 53.3 Å². The third kappa shape index (κ3) is 5.23. The Morgan fingerprint density at radius 2 is 1.60 bits per heavy atom. The van der Waals surface area contributed by atoms with Gasteiger partial charge in [0.25, 0.3) is 0 Å². The monoisotopic (exact) mass is 486 g/mol. The molecule has 3 atom stereocenters. The van der Waals surface area contributed by atoms with Crippen LogP contribution in [0, 0.1) is 5.92 Å². The summed E-state index contributed by atoms with van der Waals surface area (Å²) in [6.07, 6.45) is 1.20. The molecule has 0 aliphatic carbocycles. The molecule has 0 saturated carbocycles. The predicted molar refractivity (Wildman–Crippen MR) is 131 cm³/mol. The van der Waals surface area contributed by atoms with Crippen molar-refractivity contribution in [3.8, 4) is 23.0 Å². The Labute approximate surface area is 205 Å². The molecule has 2 aromatic rings. The average molecular weight is 487 g/mol. The molecule has 190 valence electrons. The van der Waals surface area contributed by atoms with Gasteiger partial charge in [-0.3, -0.25) is 0 Å². The standard InChI is InChI=1S/C26H34N2O7/c1-7-15(2)23(25(29)30)27-26(31)28-11-10-16-12-21(34-5)22(35-6)14-18(16)24(28)17-8-9-19(32-3)20(13-17)33-4/h8-9,12-15,23-24H,7,10-11H2,1-6H3,(H,27,31)(H,29,30)/t15-,23+,24+/m1/s1. The smallest absolute Gasteiger partial charge is 0.326 e. The van der Waals surface area contributed by atoms with Crippen LogP contribution in [0.3, 0.4) is 0 Å². The fraction of sp³-hybridized carbons (Fsp3) is 0.462. The van der Waals surface area contributed by atoms with Crippen molar-refractivity contribution < 1.29 is 33.6 Å². The van der Waals surface area contributed by atoms with Crippen LogP contribution in [0.25, 0.3) is 0 Å². The number of fused-ring (bicyclic) bond motifs is 1. The Morgan fingerprint density at radius 1 is 1.00 bits per heavy atom. The van der Waals surface area contributed by atoms with E-state index < -0.39 is 24.1 Å². The molecule has 0 aromatic heterocycles. The summed E-state index contributed by atoms with van der Waals surface area (Å²) in [5.41, 5.74) is 2.68. The number of nitrogens with one attached hydrogen (secondary N) is 1. The summed E-state index contributed by atoms with van der Waals surface area (Å²) >= 11 is 0. The summed E-state index contributed by atoms with van der Waals surface area (Å²) in [4.78, 5) is 27.1. The number of hydrogen-bond donors (Lipinski definition) is 2. The number of nitrogens with zero attached hydrogens (tertiary/aromatic N) is 1. The van der Waals surface area contributed by atoms with Crippen molar-refractivity contribution >= 4 is 12.0 Å². The van der Waals surface area contributed by atoms with Crippen molar-refractivity contribution in [3.63, 3.8) is 0 Å².